The van der Waals surface area contributed by atoms with Gasteiger partial charge in [-0.1, -0.05) is 23.4 Å². The van der Waals surface area contributed by atoms with Crippen LogP contribution in [0.4, 0.5) is 0 Å². The standard InChI is InChI=1S/C15H18N4O2/c1-11-14(15(20)16-10-13-8-5-9-21-13)17-18-19(11)12-6-3-2-4-7-12/h2-4,6-7,13H,5,8-10H2,1H3,(H,16,20)/t13-/m0/s1. The first-order valence-corrected chi connectivity index (χ1v) is 7.13. The van der Waals surface area contributed by atoms with Crippen LogP contribution >= 0.6 is 0 Å². The van der Waals surface area contributed by atoms with Crippen molar-refractivity contribution in [1.29, 1.82) is 0 Å². The molecule has 1 N–H and O–H groups in total. The Morgan fingerprint density at radius 1 is 1.43 bits per heavy atom. The van der Waals surface area contributed by atoms with Gasteiger partial charge in [0.25, 0.3) is 5.91 Å². The topological polar surface area (TPSA) is 69.0 Å². The van der Waals surface area contributed by atoms with Crippen LogP contribution in [0.1, 0.15) is 29.0 Å². The molecule has 1 aliphatic heterocycles. The molecule has 1 fully saturated rings. The summed E-state index contributed by atoms with van der Waals surface area (Å²) in [6.45, 7) is 3.15. The van der Waals surface area contributed by atoms with Gasteiger partial charge in [-0.3, -0.25) is 4.79 Å². The quantitative estimate of drug-likeness (QED) is 0.924. The van der Waals surface area contributed by atoms with Crippen LogP contribution in [0.25, 0.3) is 5.69 Å². The molecule has 21 heavy (non-hydrogen) atoms. The minimum Gasteiger partial charge on any atom is -0.376 e. The van der Waals surface area contributed by atoms with E-state index in [4.69, 9.17) is 4.74 Å². The predicted octanol–water partition coefficient (Wildman–Crippen LogP) is 1.48. The highest BCUT2D eigenvalue weighted by molar-refractivity contribution is 5.93. The highest BCUT2D eigenvalue weighted by Crippen LogP contribution is 2.13. The highest BCUT2D eigenvalue weighted by Gasteiger charge is 2.20. The number of carbonyl (C=O) groups is 1. The average Bonchev–Trinajstić information content (AvgIpc) is 3.15. The zero-order valence-corrected chi connectivity index (χ0v) is 12.0. The van der Waals surface area contributed by atoms with Gasteiger partial charge in [-0.25, -0.2) is 4.68 Å². The Bertz CT molecular complexity index is 618. The molecule has 0 spiro atoms. The fourth-order valence-corrected chi connectivity index (χ4v) is 2.45. The van der Waals surface area contributed by atoms with Crippen LogP contribution in [0.2, 0.25) is 0 Å². The summed E-state index contributed by atoms with van der Waals surface area (Å²) in [5.41, 5.74) is 1.98. The summed E-state index contributed by atoms with van der Waals surface area (Å²) in [6, 6.07) is 9.64. The van der Waals surface area contributed by atoms with Crippen LogP contribution in [0.5, 0.6) is 0 Å². The van der Waals surface area contributed by atoms with E-state index in [1.807, 2.05) is 37.3 Å². The van der Waals surface area contributed by atoms with Crippen molar-refractivity contribution in [1.82, 2.24) is 20.3 Å². The fourth-order valence-electron chi connectivity index (χ4n) is 2.45. The average molecular weight is 286 g/mol. The number of aromatic nitrogens is 3. The first-order chi connectivity index (χ1) is 10.3. The van der Waals surface area contributed by atoms with Crippen LogP contribution in [-0.4, -0.2) is 40.2 Å². The number of rotatable bonds is 4. The monoisotopic (exact) mass is 286 g/mol. The van der Waals surface area contributed by atoms with E-state index >= 15 is 0 Å². The molecule has 0 unspecified atom stereocenters. The Kier molecular flexibility index (Phi) is 3.96. The Balaban J connectivity index is 1.71. The first kappa shape index (κ1) is 13.8. The molecule has 0 bridgehead atoms. The normalized spacial score (nSPS) is 17.9. The van der Waals surface area contributed by atoms with Crippen molar-refractivity contribution in [3.63, 3.8) is 0 Å². The number of benzene rings is 1. The summed E-state index contributed by atoms with van der Waals surface area (Å²) in [6.07, 6.45) is 2.18. The van der Waals surface area contributed by atoms with Gasteiger partial charge in [0.15, 0.2) is 5.69 Å². The van der Waals surface area contributed by atoms with E-state index in [1.165, 1.54) is 0 Å². The lowest BCUT2D eigenvalue weighted by Gasteiger charge is -2.10. The van der Waals surface area contributed by atoms with Gasteiger partial charge >= 0.3 is 0 Å². The van der Waals surface area contributed by atoms with E-state index in [1.54, 1.807) is 4.68 Å². The molecular weight excluding hydrogens is 268 g/mol. The van der Waals surface area contributed by atoms with Gasteiger partial charge in [-0.05, 0) is 31.9 Å². The smallest absolute Gasteiger partial charge is 0.273 e. The minimum absolute atomic E-state index is 0.124. The Labute approximate surface area is 123 Å². The van der Waals surface area contributed by atoms with Gasteiger partial charge in [0.2, 0.25) is 0 Å². The molecule has 6 heteroatoms. The maximum absolute atomic E-state index is 12.2. The molecule has 0 radical (unpaired) electrons. The lowest BCUT2D eigenvalue weighted by molar-refractivity contribution is 0.0853. The van der Waals surface area contributed by atoms with Crippen LogP contribution in [-0.2, 0) is 4.74 Å². The van der Waals surface area contributed by atoms with E-state index in [-0.39, 0.29) is 12.0 Å². The van der Waals surface area contributed by atoms with E-state index in [9.17, 15) is 4.79 Å². The van der Waals surface area contributed by atoms with Crippen molar-refractivity contribution < 1.29 is 9.53 Å². The molecule has 1 amide bonds. The maximum Gasteiger partial charge on any atom is 0.273 e. The number of carbonyl (C=O) groups excluding carboxylic acids is 1. The third kappa shape index (κ3) is 2.95. The molecule has 0 aliphatic carbocycles. The van der Waals surface area contributed by atoms with E-state index < -0.39 is 0 Å². The molecule has 0 saturated carbocycles. The first-order valence-electron chi connectivity index (χ1n) is 7.13. The molecule has 1 aliphatic rings. The Morgan fingerprint density at radius 2 is 2.24 bits per heavy atom. The number of nitrogens with one attached hydrogen (secondary N) is 1. The summed E-state index contributed by atoms with van der Waals surface area (Å²) >= 11 is 0. The lowest BCUT2D eigenvalue weighted by atomic mass is 10.2. The molecule has 1 aromatic carbocycles. The summed E-state index contributed by atoms with van der Waals surface area (Å²) in [4.78, 5) is 12.2. The second-order valence-electron chi connectivity index (χ2n) is 5.12. The second-order valence-corrected chi connectivity index (χ2v) is 5.12. The summed E-state index contributed by atoms with van der Waals surface area (Å²) in [5.74, 6) is -0.204. The SMILES string of the molecule is Cc1c(C(=O)NC[C@@H]2CCCO2)nnn1-c1ccccc1. The summed E-state index contributed by atoms with van der Waals surface area (Å²) in [5, 5.41) is 10.9. The molecule has 110 valence electrons. The van der Waals surface area contributed by atoms with Crippen LogP contribution in [0.3, 0.4) is 0 Å². The minimum atomic E-state index is -0.204. The Morgan fingerprint density at radius 3 is 2.95 bits per heavy atom. The van der Waals surface area contributed by atoms with Crippen molar-refractivity contribution in [2.45, 2.75) is 25.9 Å². The van der Waals surface area contributed by atoms with Crippen molar-refractivity contribution in [2.24, 2.45) is 0 Å². The highest BCUT2D eigenvalue weighted by atomic mass is 16.5. The van der Waals surface area contributed by atoms with Crippen LogP contribution in [0.15, 0.2) is 30.3 Å². The third-order valence-corrected chi connectivity index (χ3v) is 3.62. The van der Waals surface area contributed by atoms with Gasteiger partial charge in [0, 0.05) is 13.2 Å². The molecule has 1 saturated heterocycles. The van der Waals surface area contributed by atoms with Crippen LogP contribution in [0, 0.1) is 6.92 Å². The zero-order valence-electron chi connectivity index (χ0n) is 12.0. The van der Waals surface area contributed by atoms with Gasteiger partial charge in [0.05, 0.1) is 17.5 Å². The predicted molar refractivity (Wildman–Crippen MR) is 77.4 cm³/mol. The summed E-state index contributed by atoms with van der Waals surface area (Å²) in [7, 11) is 0. The number of para-hydroxylation sites is 1. The van der Waals surface area contributed by atoms with Crippen molar-refractivity contribution >= 4 is 5.91 Å². The zero-order chi connectivity index (χ0) is 14.7. The number of hydrogen-bond acceptors (Lipinski definition) is 4. The lowest BCUT2D eigenvalue weighted by Crippen LogP contribution is -2.32. The number of hydrogen-bond donors (Lipinski definition) is 1. The van der Waals surface area contributed by atoms with E-state index in [2.05, 4.69) is 15.6 Å². The number of nitrogens with zero attached hydrogens (tertiary/aromatic N) is 3. The van der Waals surface area contributed by atoms with E-state index in [0.29, 0.717) is 12.2 Å². The largest absolute Gasteiger partial charge is 0.376 e. The second kappa shape index (κ2) is 6.05. The fraction of sp³-hybridized carbons (Fsp3) is 0.400. The molecule has 3 rings (SSSR count). The van der Waals surface area contributed by atoms with Crippen molar-refractivity contribution in [3.8, 4) is 5.69 Å². The van der Waals surface area contributed by atoms with Gasteiger partial charge in [-0.15, -0.1) is 5.10 Å². The van der Waals surface area contributed by atoms with Gasteiger partial charge in [0.1, 0.15) is 0 Å². The molecular formula is C15H18N4O2. The molecule has 6 nitrogen and oxygen atoms in total. The van der Waals surface area contributed by atoms with Gasteiger partial charge in [-0.2, -0.15) is 0 Å². The van der Waals surface area contributed by atoms with Crippen LogP contribution < -0.4 is 5.32 Å². The Hall–Kier alpha value is -2.21. The van der Waals surface area contributed by atoms with Gasteiger partial charge < -0.3 is 10.1 Å². The molecule has 2 aromatic rings. The summed E-state index contributed by atoms with van der Waals surface area (Å²) < 4.78 is 7.16. The third-order valence-electron chi connectivity index (χ3n) is 3.62. The van der Waals surface area contributed by atoms with Crippen molar-refractivity contribution in [2.75, 3.05) is 13.2 Å². The molecule has 2 heterocycles. The number of amides is 1. The van der Waals surface area contributed by atoms with Crippen molar-refractivity contribution in [3.05, 3.63) is 41.7 Å². The molecule has 1 atom stereocenters. The molecule has 1 aromatic heterocycles. The number of ether oxygens (including phenoxy) is 1. The van der Waals surface area contributed by atoms with E-state index in [0.717, 1.165) is 30.8 Å². The maximum atomic E-state index is 12.2.